The van der Waals surface area contributed by atoms with Gasteiger partial charge in [0.15, 0.2) is 5.82 Å². The van der Waals surface area contributed by atoms with Crippen molar-refractivity contribution in [2.75, 3.05) is 18.4 Å². The molecule has 1 fully saturated rings. The average molecular weight is 331 g/mol. The highest BCUT2D eigenvalue weighted by molar-refractivity contribution is 5.90. The van der Waals surface area contributed by atoms with Crippen LogP contribution >= 0.6 is 0 Å². The van der Waals surface area contributed by atoms with Crippen molar-refractivity contribution in [3.63, 3.8) is 0 Å². The highest BCUT2D eigenvalue weighted by Crippen LogP contribution is 2.28. The van der Waals surface area contributed by atoms with Crippen LogP contribution in [0.3, 0.4) is 0 Å². The maximum Gasteiger partial charge on any atom is 0.225 e. The number of anilines is 1. The summed E-state index contributed by atoms with van der Waals surface area (Å²) in [5.41, 5.74) is 0.612. The summed E-state index contributed by atoms with van der Waals surface area (Å²) in [4.78, 5) is 18.8. The summed E-state index contributed by atoms with van der Waals surface area (Å²) < 4.78 is 12.9. The molecule has 1 aromatic heterocycles. The van der Waals surface area contributed by atoms with Crippen molar-refractivity contribution >= 4 is 11.6 Å². The quantitative estimate of drug-likeness (QED) is 0.883. The molecule has 1 aromatic carbocycles. The Labute approximate surface area is 140 Å². The lowest BCUT2D eigenvalue weighted by Crippen LogP contribution is -2.36. The number of rotatable bonds is 5. The summed E-state index contributed by atoms with van der Waals surface area (Å²) >= 11 is 0. The van der Waals surface area contributed by atoms with Crippen LogP contribution in [0.1, 0.15) is 43.4 Å². The topological polar surface area (TPSA) is 73.9 Å². The first kappa shape index (κ1) is 16.6. The summed E-state index contributed by atoms with van der Waals surface area (Å²) in [5.74, 6) is 1.23. The van der Waals surface area contributed by atoms with Crippen LogP contribution in [0.5, 0.6) is 0 Å². The fourth-order valence-corrected chi connectivity index (χ4v) is 3.06. The number of benzene rings is 1. The molecule has 0 saturated carbocycles. The number of nitrogens with one attached hydrogen (secondary N) is 2. The van der Waals surface area contributed by atoms with Crippen molar-refractivity contribution in [2.45, 2.75) is 38.6 Å². The molecule has 7 heteroatoms. The number of nitrogens with zero attached hydrogens (tertiary/aromatic N) is 3. The number of hydrogen-bond acceptors (Lipinski definition) is 4. The zero-order valence-corrected chi connectivity index (χ0v) is 13.8. The van der Waals surface area contributed by atoms with Crippen LogP contribution in [-0.4, -0.2) is 39.1 Å². The van der Waals surface area contributed by atoms with Crippen LogP contribution in [0.15, 0.2) is 24.3 Å². The van der Waals surface area contributed by atoms with Gasteiger partial charge in [-0.25, -0.2) is 9.37 Å². The molecule has 24 heavy (non-hydrogen) atoms. The van der Waals surface area contributed by atoms with Gasteiger partial charge < -0.3 is 5.32 Å². The van der Waals surface area contributed by atoms with Crippen molar-refractivity contribution in [2.24, 2.45) is 0 Å². The van der Waals surface area contributed by atoms with E-state index < -0.39 is 0 Å². The summed E-state index contributed by atoms with van der Waals surface area (Å²) in [6.45, 7) is 3.49. The average Bonchev–Trinajstić information content (AvgIpc) is 3.02. The first-order chi connectivity index (χ1) is 11.6. The Bertz CT molecular complexity index is 685. The van der Waals surface area contributed by atoms with Gasteiger partial charge in [0.1, 0.15) is 11.6 Å². The number of aromatic amines is 1. The lowest BCUT2D eigenvalue weighted by Gasteiger charge is -2.33. The Morgan fingerprint density at radius 1 is 1.38 bits per heavy atom. The van der Waals surface area contributed by atoms with Crippen LogP contribution in [0.25, 0.3) is 0 Å². The molecular weight excluding hydrogens is 309 g/mol. The zero-order valence-electron chi connectivity index (χ0n) is 13.8. The number of H-pyrrole nitrogens is 1. The summed E-state index contributed by atoms with van der Waals surface area (Å²) in [6, 6.07) is 5.96. The van der Waals surface area contributed by atoms with Gasteiger partial charge in [0.25, 0.3) is 0 Å². The second-order valence-corrected chi connectivity index (χ2v) is 6.13. The van der Waals surface area contributed by atoms with E-state index in [9.17, 15) is 9.18 Å². The Kier molecular flexibility index (Phi) is 5.20. The van der Waals surface area contributed by atoms with E-state index in [1.54, 1.807) is 12.1 Å². The van der Waals surface area contributed by atoms with E-state index in [0.29, 0.717) is 18.7 Å². The molecule has 0 aliphatic carbocycles. The number of amides is 1. The van der Waals surface area contributed by atoms with Gasteiger partial charge in [-0.15, -0.1) is 0 Å². The number of aromatic nitrogens is 3. The van der Waals surface area contributed by atoms with Crippen LogP contribution in [0.4, 0.5) is 10.1 Å². The fourth-order valence-electron chi connectivity index (χ4n) is 3.06. The molecule has 3 rings (SSSR count). The van der Waals surface area contributed by atoms with Crippen molar-refractivity contribution < 1.29 is 9.18 Å². The number of carbonyl (C=O) groups is 1. The van der Waals surface area contributed by atoms with E-state index in [1.165, 1.54) is 12.1 Å². The first-order valence-electron chi connectivity index (χ1n) is 8.30. The van der Waals surface area contributed by atoms with Gasteiger partial charge in [-0.05, 0) is 50.6 Å². The molecule has 0 radical (unpaired) electrons. The van der Waals surface area contributed by atoms with E-state index in [-0.39, 0.29) is 17.8 Å². The van der Waals surface area contributed by atoms with Gasteiger partial charge in [0, 0.05) is 18.7 Å². The maximum atomic E-state index is 12.9. The Hall–Kier alpha value is -2.28. The number of piperidine rings is 1. The molecule has 128 valence electrons. The molecule has 6 nitrogen and oxygen atoms in total. The lowest BCUT2D eigenvalue weighted by atomic mass is 10.0. The Morgan fingerprint density at radius 3 is 2.88 bits per heavy atom. The van der Waals surface area contributed by atoms with E-state index in [2.05, 4.69) is 25.4 Å². The second-order valence-electron chi connectivity index (χ2n) is 6.13. The Morgan fingerprint density at radius 2 is 2.17 bits per heavy atom. The van der Waals surface area contributed by atoms with E-state index in [4.69, 9.17) is 0 Å². The van der Waals surface area contributed by atoms with Crippen LogP contribution in [-0.2, 0) is 4.79 Å². The molecule has 1 aliphatic rings. The Balaban J connectivity index is 1.55. The monoisotopic (exact) mass is 331 g/mol. The van der Waals surface area contributed by atoms with E-state index in [1.807, 2.05) is 6.92 Å². The minimum Gasteiger partial charge on any atom is -0.326 e. The number of likely N-dealkylation sites (tertiary alicyclic amines) is 1. The third-order valence-corrected chi connectivity index (χ3v) is 4.28. The standard InChI is InChI=1S/C17H22FN5O/c1-12-19-17(22-21-12)15-4-2-3-10-23(15)11-9-16(24)20-14-7-5-13(18)6-8-14/h5-8,15H,2-4,9-11H2,1H3,(H,20,24)(H,19,21,22). The van der Waals surface area contributed by atoms with E-state index >= 15 is 0 Å². The SMILES string of the molecule is Cc1nc(C2CCCCN2CCC(=O)Nc2ccc(F)cc2)n[nH]1. The molecule has 1 unspecified atom stereocenters. The second kappa shape index (κ2) is 7.53. The number of aryl methyl sites for hydroxylation is 1. The number of halogens is 1. The van der Waals surface area contributed by atoms with E-state index in [0.717, 1.165) is 37.5 Å². The van der Waals surface area contributed by atoms with Gasteiger partial charge in [-0.2, -0.15) is 5.10 Å². The first-order valence-corrected chi connectivity index (χ1v) is 8.30. The predicted octanol–water partition coefficient (Wildman–Crippen LogP) is 2.81. The van der Waals surface area contributed by atoms with Crippen molar-refractivity contribution in [3.05, 3.63) is 41.7 Å². The minimum atomic E-state index is -0.314. The molecule has 2 N–H and O–H groups in total. The molecule has 1 aliphatic heterocycles. The van der Waals surface area contributed by atoms with Gasteiger partial charge >= 0.3 is 0 Å². The molecule has 0 bridgehead atoms. The largest absolute Gasteiger partial charge is 0.326 e. The minimum absolute atomic E-state index is 0.0721. The van der Waals surface area contributed by atoms with Crippen LogP contribution in [0, 0.1) is 12.7 Å². The highest BCUT2D eigenvalue weighted by atomic mass is 19.1. The number of carbonyl (C=O) groups excluding carboxylic acids is 1. The molecule has 1 amide bonds. The van der Waals surface area contributed by atoms with Crippen molar-refractivity contribution in [3.8, 4) is 0 Å². The summed E-state index contributed by atoms with van der Waals surface area (Å²) in [6.07, 6.45) is 3.67. The van der Waals surface area contributed by atoms with Crippen LogP contribution < -0.4 is 5.32 Å². The lowest BCUT2D eigenvalue weighted by molar-refractivity contribution is -0.116. The molecule has 2 heterocycles. The zero-order chi connectivity index (χ0) is 16.9. The fraction of sp³-hybridized carbons (Fsp3) is 0.471. The maximum absolute atomic E-state index is 12.9. The molecule has 1 atom stereocenters. The van der Waals surface area contributed by atoms with Crippen LogP contribution in [0.2, 0.25) is 0 Å². The summed E-state index contributed by atoms with van der Waals surface area (Å²) in [7, 11) is 0. The van der Waals surface area contributed by atoms with Gasteiger partial charge in [-0.1, -0.05) is 6.42 Å². The predicted molar refractivity (Wildman–Crippen MR) is 88.9 cm³/mol. The van der Waals surface area contributed by atoms with Crippen molar-refractivity contribution in [1.82, 2.24) is 20.1 Å². The molecule has 0 spiro atoms. The molecule has 2 aromatic rings. The molecule has 1 saturated heterocycles. The highest BCUT2D eigenvalue weighted by Gasteiger charge is 2.27. The van der Waals surface area contributed by atoms with Gasteiger partial charge in [0.2, 0.25) is 5.91 Å². The number of hydrogen-bond donors (Lipinski definition) is 2. The van der Waals surface area contributed by atoms with Gasteiger partial charge in [-0.3, -0.25) is 14.8 Å². The summed E-state index contributed by atoms with van der Waals surface area (Å²) in [5, 5.41) is 9.97. The smallest absolute Gasteiger partial charge is 0.225 e. The third kappa shape index (κ3) is 4.17. The van der Waals surface area contributed by atoms with Crippen molar-refractivity contribution in [1.29, 1.82) is 0 Å². The van der Waals surface area contributed by atoms with Gasteiger partial charge in [0.05, 0.1) is 6.04 Å². The molecular formula is C17H22FN5O. The normalized spacial score (nSPS) is 18.5. The third-order valence-electron chi connectivity index (χ3n) is 4.28.